The van der Waals surface area contributed by atoms with Gasteiger partial charge in [0.1, 0.15) is 23.8 Å². The van der Waals surface area contributed by atoms with Crippen molar-refractivity contribution in [1.82, 2.24) is 24.0 Å². The number of amides is 2. The molecule has 1 fully saturated rings. The third-order valence-electron chi connectivity index (χ3n) is 8.17. The Morgan fingerprint density at radius 3 is 2.56 bits per heavy atom. The lowest BCUT2D eigenvalue weighted by atomic mass is 9.99. The van der Waals surface area contributed by atoms with Gasteiger partial charge in [0.15, 0.2) is 11.6 Å². The molecule has 1 aliphatic heterocycles. The molecule has 3 aromatic heterocycles. The minimum absolute atomic E-state index is 0.0213. The van der Waals surface area contributed by atoms with Crippen LogP contribution in [0.4, 0.5) is 20.3 Å². The van der Waals surface area contributed by atoms with E-state index >= 15 is 4.39 Å². The number of primary amides is 1. The molecule has 4 heterocycles. The van der Waals surface area contributed by atoms with Gasteiger partial charge in [-0.05, 0) is 26.0 Å². The maximum Gasteiger partial charge on any atom is 0.263 e. The predicted octanol–water partition coefficient (Wildman–Crippen LogP) is 3.26. The van der Waals surface area contributed by atoms with Crippen molar-refractivity contribution in [2.75, 3.05) is 36.9 Å². The van der Waals surface area contributed by atoms with E-state index in [0.29, 0.717) is 23.2 Å². The molecule has 0 aliphatic carbocycles. The number of aryl methyl sites for hydroxylation is 1. The molecule has 4 N–H and O–H groups in total. The zero-order chi connectivity index (χ0) is 32.9. The Kier molecular flexibility index (Phi) is 8.55. The first-order valence-corrected chi connectivity index (χ1v) is 14.6. The van der Waals surface area contributed by atoms with Crippen molar-refractivity contribution < 1.29 is 23.5 Å². The van der Waals surface area contributed by atoms with Crippen LogP contribution in [-0.2, 0) is 18.4 Å². The van der Waals surface area contributed by atoms with Gasteiger partial charge in [-0.2, -0.15) is 4.39 Å². The largest absolute Gasteiger partial charge is 0.504 e. The molecule has 0 bridgehead atoms. The monoisotopic (exact) mass is 642 g/mol. The van der Waals surface area contributed by atoms with Gasteiger partial charge in [-0.1, -0.05) is 25.4 Å². The van der Waals surface area contributed by atoms with Crippen molar-refractivity contribution in [3.63, 3.8) is 0 Å². The second-order valence-corrected chi connectivity index (χ2v) is 11.9. The van der Waals surface area contributed by atoms with E-state index in [1.807, 2.05) is 0 Å². The maximum atomic E-state index is 15.2. The molecule has 1 saturated heterocycles. The van der Waals surface area contributed by atoms with E-state index in [0.717, 1.165) is 25.7 Å². The average Bonchev–Trinajstić information content (AvgIpc) is 3.32. The molecule has 2 amide bonds. The van der Waals surface area contributed by atoms with Crippen LogP contribution < -0.4 is 21.5 Å². The highest BCUT2D eigenvalue weighted by molar-refractivity contribution is 6.33. The summed E-state index contributed by atoms with van der Waals surface area (Å²) in [5, 5.41) is 12.8. The van der Waals surface area contributed by atoms with Gasteiger partial charge in [-0.25, -0.2) is 14.4 Å². The molecule has 15 heteroatoms. The standard InChI is InChI=1S/C30H33ClF2N8O4/c1-14(2)21-12-38(4)6-7-41(21)22-9-20(19(31)10-35-22)37-23(42)13-40-11-18(24-29(40)36-15(3)39(5)30(24)45)16-8-17(28(34)44)27(43)26(33)25(16)32/h8-11,14,21,43H,6-7,12-13H2,1-5H3,(H2,34,44)(H,35,37,42). The van der Waals surface area contributed by atoms with Gasteiger partial charge in [-0.15, -0.1) is 0 Å². The molecule has 0 spiro atoms. The van der Waals surface area contributed by atoms with Gasteiger partial charge in [-0.3, -0.25) is 19.0 Å². The minimum Gasteiger partial charge on any atom is -0.504 e. The molecule has 1 aliphatic rings. The van der Waals surface area contributed by atoms with Crippen LogP contribution in [0.3, 0.4) is 0 Å². The lowest BCUT2D eigenvalue weighted by Gasteiger charge is -2.43. The first kappa shape index (κ1) is 31.9. The number of nitrogens with one attached hydrogen (secondary N) is 1. The molecule has 0 saturated carbocycles. The fourth-order valence-electron chi connectivity index (χ4n) is 5.58. The number of hydrogen-bond donors (Lipinski definition) is 3. The van der Waals surface area contributed by atoms with Crippen molar-refractivity contribution in [3.05, 3.63) is 62.9 Å². The predicted molar refractivity (Wildman–Crippen MR) is 167 cm³/mol. The number of rotatable bonds is 7. The number of aromatic hydroxyl groups is 1. The molecule has 1 atom stereocenters. The number of fused-ring (bicyclic) bond motifs is 1. The summed E-state index contributed by atoms with van der Waals surface area (Å²) < 4.78 is 32.4. The number of likely N-dealkylation sites (N-methyl/N-ethyl adjacent to an activating group) is 1. The minimum atomic E-state index is -1.71. The Balaban J connectivity index is 1.54. The number of hydrogen-bond acceptors (Lipinski definition) is 8. The summed E-state index contributed by atoms with van der Waals surface area (Å²) in [5.41, 5.74) is 3.66. The second-order valence-electron chi connectivity index (χ2n) is 11.5. The number of aromatic nitrogens is 4. The van der Waals surface area contributed by atoms with Crippen LogP contribution in [0, 0.1) is 24.5 Å². The number of benzene rings is 1. The topological polar surface area (TPSA) is 152 Å². The first-order chi connectivity index (χ1) is 21.2. The molecule has 45 heavy (non-hydrogen) atoms. The molecule has 1 unspecified atom stereocenters. The van der Waals surface area contributed by atoms with Gasteiger partial charge in [0.25, 0.3) is 11.5 Å². The maximum absolute atomic E-state index is 15.2. The second kappa shape index (κ2) is 12.1. The van der Waals surface area contributed by atoms with Crippen LogP contribution in [0.1, 0.15) is 30.0 Å². The Hall–Kier alpha value is -4.56. The number of piperazine rings is 1. The van der Waals surface area contributed by atoms with Crippen LogP contribution in [0.15, 0.2) is 29.3 Å². The Bertz CT molecular complexity index is 1910. The summed E-state index contributed by atoms with van der Waals surface area (Å²) in [4.78, 5) is 52.0. The number of pyridine rings is 1. The van der Waals surface area contributed by atoms with Crippen molar-refractivity contribution in [2.45, 2.75) is 33.4 Å². The number of carbonyl (C=O) groups excluding carboxylic acids is 2. The fourth-order valence-corrected chi connectivity index (χ4v) is 5.73. The molecular weight excluding hydrogens is 610 g/mol. The zero-order valence-electron chi connectivity index (χ0n) is 25.4. The number of phenols is 1. The van der Waals surface area contributed by atoms with Crippen LogP contribution >= 0.6 is 11.6 Å². The number of carbonyl (C=O) groups is 2. The molecular formula is C30H33ClF2N8O4. The Morgan fingerprint density at radius 2 is 1.89 bits per heavy atom. The molecule has 4 aromatic rings. The smallest absolute Gasteiger partial charge is 0.263 e. The van der Waals surface area contributed by atoms with Gasteiger partial charge in [0, 0.05) is 56.1 Å². The number of halogens is 3. The van der Waals surface area contributed by atoms with Crippen molar-refractivity contribution in [1.29, 1.82) is 0 Å². The SMILES string of the molecule is Cc1nc2c(c(-c3cc(C(N)=O)c(O)c(F)c3F)cn2CC(=O)Nc2cc(N3CCN(C)CC3C(C)C)ncc2Cl)c(=O)n1C. The number of nitrogens with zero attached hydrogens (tertiary/aromatic N) is 6. The highest BCUT2D eigenvalue weighted by Gasteiger charge is 2.30. The van der Waals surface area contributed by atoms with Gasteiger partial charge < -0.3 is 30.5 Å². The van der Waals surface area contributed by atoms with Crippen LogP contribution in [0.2, 0.25) is 5.02 Å². The van der Waals surface area contributed by atoms with Gasteiger partial charge in [0.05, 0.1) is 27.9 Å². The van der Waals surface area contributed by atoms with E-state index in [9.17, 15) is 23.9 Å². The van der Waals surface area contributed by atoms with Crippen LogP contribution in [-0.4, -0.2) is 73.6 Å². The highest BCUT2D eigenvalue weighted by Crippen LogP contribution is 2.36. The number of nitrogens with two attached hydrogens (primary N) is 1. The van der Waals surface area contributed by atoms with E-state index in [4.69, 9.17) is 17.3 Å². The molecule has 238 valence electrons. The first-order valence-electron chi connectivity index (χ1n) is 14.2. The number of anilines is 2. The van der Waals surface area contributed by atoms with E-state index in [2.05, 4.69) is 46.0 Å². The van der Waals surface area contributed by atoms with Gasteiger partial charge in [0.2, 0.25) is 11.7 Å². The van der Waals surface area contributed by atoms with Crippen molar-refractivity contribution in [3.8, 4) is 16.9 Å². The summed E-state index contributed by atoms with van der Waals surface area (Å²) in [5.74, 6) is -4.93. The quantitative estimate of drug-likeness (QED) is 0.278. The van der Waals surface area contributed by atoms with Crippen LogP contribution in [0.5, 0.6) is 5.75 Å². The summed E-state index contributed by atoms with van der Waals surface area (Å²) in [7, 11) is 3.52. The molecule has 1 aromatic carbocycles. The lowest BCUT2D eigenvalue weighted by Crippen LogP contribution is -2.54. The molecule has 12 nitrogen and oxygen atoms in total. The lowest BCUT2D eigenvalue weighted by molar-refractivity contribution is -0.116. The normalized spacial score (nSPS) is 15.7. The van der Waals surface area contributed by atoms with Crippen molar-refractivity contribution in [2.24, 2.45) is 18.7 Å². The third kappa shape index (κ3) is 5.82. The Morgan fingerprint density at radius 1 is 1.18 bits per heavy atom. The van der Waals surface area contributed by atoms with E-state index in [1.54, 1.807) is 13.0 Å². The summed E-state index contributed by atoms with van der Waals surface area (Å²) in [6, 6.07) is 2.76. The summed E-state index contributed by atoms with van der Waals surface area (Å²) in [6.45, 7) is 7.90. The Labute approximate surface area is 262 Å². The fraction of sp³-hybridized carbons (Fsp3) is 0.367. The third-order valence-corrected chi connectivity index (χ3v) is 8.47. The van der Waals surface area contributed by atoms with Crippen molar-refractivity contribution >= 4 is 46.0 Å². The van der Waals surface area contributed by atoms with E-state index in [-0.39, 0.29) is 27.7 Å². The highest BCUT2D eigenvalue weighted by atomic mass is 35.5. The van der Waals surface area contributed by atoms with E-state index in [1.165, 1.54) is 28.6 Å². The molecule has 0 radical (unpaired) electrons. The van der Waals surface area contributed by atoms with E-state index < -0.39 is 52.4 Å². The summed E-state index contributed by atoms with van der Waals surface area (Å²) in [6.07, 6.45) is 2.73. The zero-order valence-corrected chi connectivity index (χ0v) is 26.1. The van der Waals surface area contributed by atoms with Crippen LogP contribution in [0.25, 0.3) is 22.2 Å². The molecule has 5 rings (SSSR count). The average molecular weight is 643 g/mol. The van der Waals surface area contributed by atoms with Gasteiger partial charge >= 0.3 is 0 Å². The summed E-state index contributed by atoms with van der Waals surface area (Å²) >= 11 is 6.43.